The smallest absolute Gasteiger partial charge is 0.408 e. The Morgan fingerprint density at radius 2 is 2.00 bits per heavy atom. The van der Waals surface area contributed by atoms with Gasteiger partial charge in [0.15, 0.2) is 0 Å². The van der Waals surface area contributed by atoms with E-state index >= 15 is 0 Å². The maximum atomic E-state index is 11.4. The van der Waals surface area contributed by atoms with Crippen LogP contribution >= 0.6 is 0 Å². The Labute approximate surface area is 106 Å². The molecule has 1 atom stereocenters. The summed E-state index contributed by atoms with van der Waals surface area (Å²) in [6.45, 7) is 8.55. The molecular weight excluding hydrogens is 238 g/mol. The molecule has 0 saturated heterocycles. The van der Waals surface area contributed by atoms with E-state index in [4.69, 9.17) is 4.74 Å². The summed E-state index contributed by atoms with van der Waals surface area (Å²) in [5, 5.41) is 2.24. The average molecular weight is 257 g/mol. The van der Waals surface area contributed by atoms with Crippen molar-refractivity contribution in [1.29, 1.82) is 0 Å². The van der Waals surface area contributed by atoms with Crippen molar-refractivity contribution in [2.24, 2.45) is 0 Å². The van der Waals surface area contributed by atoms with Gasteiger partial charge >= 0.3 is 12.1 Å². The first-order valence-corrected chi connectivity index (χ1v) is 5.50. The van der Waals surface area contributed by atoms with E-state index in [1.165, 1.54) is 6.08 Å². The molecular formula is C12H19NO5. The van der Waals surface area contributed by atoms with E-state index < -0.39 is 23.7 Å². The van der Waals surface area contributed by atoms with E-state index in [1.807, 2.05) is 0 Å². The van der Waals surface area contributed by atoms with Crippen LogP contribution < -0.4 is 5.32 Å². The van der Waals surface area contributed by atoms with Crippen LogP contribution in [0.1, 0.15) is 27.2 Å². The fourth-order valence-electron chi connectivity index (χ4n) is 1.02. The number of ether oxygens (including phenoxy) is 2. The first-order chi connectivity index (χ1) is 8.28. The monoisotopic (exact) mass is 257 g/mol. The Kier molecular flexibility index (Phi) is 6.70. The van der Waals surface area contributed by atoms with E-state index in [1.54, 1.807) is 20.8 Å². The highest BCUT2D eigenvalue weighted by atomic mass is 16.6. The van der Waals surface area contributed by atoms with Crippen molar-refractivity contribution in [2.45, 2.75) is 38.8 Å². The second kappa shape index (κ2) is 7.47. The minimum Gasteiger partial charge on any atom is -0.460 e. The summed E-state index contributed by atoms with van der Waals surface area (Å²) >= 11 is 0. The first-order valence-electron chi connectivity index (χ1n) is 5.50. The van der Waals surface area contributed by atoms with Gasteiger partial charge in [0.2, 0.25) is 0 Å². The summed E-state index contributed by atoms with van der Waals surface area (Å²) in [5.74, 6) is -0.566. The predicted octanol–water partition coefficient (Wildman–Crippen LogP) is 1.20. The molecule has 102 valence electrons. The Bertz CT molecular complexity index is 319. The lowest BCUT2D eigenvalue weighted by atomic mass is 10.2. The molecule has 0 aliphatic heterocycles. The van der Waals surface area contributed by atoms with Gasteiger partial charge in [-0.05, 0) is 20.8 Å². The van der Waals surface area contributed by atoms with E-state index in [0.717, 1.165) is 0 Å². The minimum atomic E-state index is -0.961. The molecule has 0 aliphatic carbocycles. The van der Waals surface area contributed by atoms with Crippen LogP contribution in [-0.2, 0) is 19.1 Å². The Morgan fingerprint density at radius 1 is 1.39 bits per heavy atom. The lowest BCUT2D eigenvalue weighted by Crippen LogP contribution is -2.39. The number of rotatable bonds is 6. The molecule has 0 aliphatic rings. The van der Waals surface area contributed by atoms with Crippen LogP contribution in [0, 0.1) is 0 Å². The summed E-state index contributed by atoms with van der Waals surface area (Å²) in [6, 6.07) is -0.961. The molecule has 1 N–H and O–H groups in total. The Morgan fingerprint density at radius 3 is 2.44 bits per heavy atom. The van der Waals surface area contributed by atoms with Crippen molar-refractivity contribution >= 4 is 18.3 Å². The number of carbonyl (C=O) groups is 3. The lowest BCUT2D eigenvalue weighted by molar-refractivity contribution is -0.155. The maximum absolute atomic E-state index is 11.4. The number of aldehydes is 1. The lowest BCUT2D eigenvalue weighted by Gasteiger charge is -2.20. The largest absolute Gasteiger partial charge is 0.460 e. The van der Waals surface area contributed by atoms with Crippen molar-refractivity contribution < 1.29 is 23.9 Å². The number of hydrogen-bond donors (Lipinski definition) is 1. The van der Waals surface area contributed by atoms with Crippen LogP contribution in [0.3, 0.4) is 0 Å². The van der Waals surface area contributed by atoms with Gasteiger partial charge in [0.25, 0.3) is 0 Å². The Hall–Kier alpha value is -1.85. The average Bonchev–Trinajstić information content (AvgIpc) is 2.22. The second-order valence-corrected chi connectivity index (χ2v) is 4.56. The predicted molar refractivity (Wildman–Crippen MR) is 65.0 cm³/mol. The van der Waals surface area contributed by atoms with Crippen LogP contribution in [0.4, 0.5) is 4.79 Å². The van der Waals surface area contributed by atoms with Gasteiger partial charge in [0, 0.05) is 0 Å². The van der Waals surface area contributed by atoms with Crippen molar-refractivity contribution in [1.82, 2.24) is 5.32 Å². The third kappa shape index (κ3) is 8.32. The third-order valence-electron chi connectivity index (χ3n) is 1.61. The zero-order valence-corrected chi connectivity index (χ0v) is 10.9. The highest BCUT2D eigenvalue weighted by molar-refractivity contribution is 5.79. The van der Waals surface area contributed by atoms with Crippen LogP contribution in [-0.4, -0.2) is 36.6 Å². The summed E-state index contributed by atoms with van der Waals surface area (Å²) < 4.78 is 9.65. The van der Waals surface area contributed by atoms with Crippen LogP contribution in [0.5, 0.6) is 0 Å². The number of hydrogen-bond acceptors (Lipinski definition) is 5. The number of alkyl carbamates (subject to hydrolysis) is 1. The molecule has 0 unspecified atom stereocenters. The molecule has 0 bridgehead atoms. The molecule has 0 rings (SSSR count). The topological polar surface area (TPSA) is 81.7 Å². The highest BCUT2D eigenvalue weighted by Crippen LogP contribution is 2.08. The van der Waals surface area contributed by atoms with E-state index in [-0.39, 0.29) is 13.0 Å². The van der Waals surface area contributed by atoms with Crippen molar-refractivity contribution in [3.05, 3.63) is 12.7 Å². The van der Waals surface area contributed by atoms with Crippen molar-refractivity contribution in [2.75, 3.05) is 6.61 Å². The molecule has 0 fully saturated rings. The molecule has 0 aromatic carbocycles. The van der Waals surface area contributed by atoms with Crippen molar-refractivity contribution in [3.63, 3.8) is 0 Å². The summed E-state index contributed by atoms with van der Waals surface area (Å²) in [5.41, 5.74) is -0.631. The van der Waals surface area contributed by atoms with E-state index in [2.05, 4.69) is 16.6 Å². The molecule has 0 saturated carbocycles. The molecule has 0 heterocycles. The number of nitrogens with one attached hydrogen (secondary N) is 1. The molecule has 0 aromatic rings. The van der Waals surface area contributed by atoms with Gasteiger partial charge in [-0.2, -0.15) is 0 Å². The summed E-state index contributed by atoms with van der Waals surface area (Å²) in [6.07, 6.45) is 0.836. The van der Waals surface area contributed by atoms with Gasteiger partial charge in [0.1, 0.15) is 18.5 Å². The van der Waals surface area contributed by atoms with Crippen LogP contribution in [0.2, 0.25) is 0 Å². The molecule has 0 radical (unpaired) electrons. The molecule has 0 aromatic heterocycles. The fourth-order valence-corrected chi connectivity index (χ4v) is 1.02. The van der Waals surface area contributed by atoms with Crippen LogP contribution in [0.15, 0.2) is 12.7 Å². The molecule has 6 nitrogen and oxygen atoms in total. The molecule has 1 amide bonds. The summed E-state index contributed by atoms with van der Waals surface area (Å²) in [4.78, 5) is 33.3. The SMILES string of the molecule is C=CCOC(=O)N[C@H](C=O)CC(=O)OC(C)(C)C. The molecule has 6 heteroatoms. The van der Waals surface area contributed by atoms with Gasteiger partial charge in [-0.1, -0.05) is 12.7 Å². The van der Waals surface area contributed by atoms with Crippen molar-refractivity contribution in [3.8, 4) is 0 Å². The first kappa shape index (κ1) is 16.1. The Balaban J connectivity index is 4.18. The zero-order valence-electron chi connectivity index (χ0n) is 10.9. The van der Waals surface area contributed by atoms with Gasteiger partial charge in [-0.25, -0.2) is 4.79 Å². The van der Waals surface area contributed by atoms with Gasteiger partial charge in [0.05, 0.1) is 12.5 Å². The normalized spacial score (nSPS) is 12.2. The standard InChI is InChI=1S/C12H19NO5/c1-5-6-17-11(16)13-9(8-14)7-10(15)18-12(2,3)4/h5,8-9H,1,6-7H2,2-4H3,(H,13,16)/t9-/m0/s1. The zero-order chi connectivity index (χ0) is 14.2. The second-order valence-electron chi connectivity index (χ2n) is 4.56. The molecule has 18 heavy (non-hydrogen) atoms. The van der Waals surface area contributed by atoms with Gasteiger partial charge in [-0.15, -0.1) is 0 Å². The van der Waals surface area contributed by atoms with Gasteiger partial charge in [-0.3, -0.25) is 4.79 Å². The minimum absolute atomic E-state index is 0.0316. The summed E-state index contributed by atoms with van der Waals surface area (Å²) in [7, 11) is 0. The van der Waals surface area contributed by atoms with Crippen LogP contribution in [0.25, 0.3) is 0 Å². The number of esters is 1. The quantitative estimate of drug-likeness (QED) is 0.439. The maximum Gasteiger partial charge on any atom is 0.408 e. The highest BCUT2D eigenvalue weighted by Gasteiger charge is 2.21. The van der Waals surface area contributed by atoms with E-state index in [9.17, 15) is 14.4 Å². The number of amides is 1. The fraction of sp³-hybridized carbons (Fsp3) is 0.583. The van der Waals surface area contributed by atoms with Gasteiger partial charge < -0.3 is 19.6 Å². The number of carbonyl (C=O) groups excluding carboxylic acids is 3. The molecule has 0 spiro atoms. The third-order valence-corrected chi connectivity index (χ3v) is 1.61. The van der Waals surface area contributed by atoms with E-state index in [0.29, 0.717) is 6.29 Å².